The van der Waals surface area contributed by atoms with Crippen molar-refractivity contribution >= 4 is 78.3 Å². The molecular formula is C40H25BO7. The lowest BCUT2D eigenvalue weighted by Crippen LogP contribution is -2.05. The second-order valence-corrected chi connectivity index (χ2v) is 12.2. The highest BCUT2D eigenvalue weighted by Gasteiger charge is 2.30. The molecule has 0 amide bonds. The molecule has 8 heteroatoms. The number of phenols is 6. The van der Waals surface area contributed by atoms with Crippen LogP contribution in [0.2, 0.25) is 0 Å². The van der Waals surface area contributed by atoms with Crippen LogP contribution in [0.1, 0.15) is 0 Å². The van der Waals surface area contributed by atoms with E-state index in [1.807, 2.05) is 72.8 Å². The molecule has 0 bridgehead atoms. The maximum absolute atomic E-state index is 11.5. The Bertz CT molecular complexity index is 2810. The molecule has 230 valence electrons. The van der Waals surface area contributed by atoms with Crippen molar-refractivity contribution in [3.8, 4) is 56.8 Å². The molecule has 0 atom stereocenters. The van der Waals surface area contributed by atoms with Gasteiger partial charge < -0.3 is 35.1 Å². The third-order valence-electron chi connectivity index (χ3n) is 9.66. The monoisotopic (exact) mass is 628 g/mol. The number of furan rings is 1. The molecule has 0 unspecified atom stereocenters. The van der Waals surface area contributed by atoms with Crippen molar-refractivity contribution in [1.82, 2.24) is 0 Å². The first kappa shape index (κ1) is 27.7. The summed E-state index contributed by atoms with van der Waals surface area (Å²) in [6.45, 7) is 0. The fraction of sp³-hybridized carbons (Fsp3) is 0. The molecule has 7 nitrogen and oxygen atoms in total. The minimum Gasteiger partial charge on any atom is -0.508 e. The van der Waals surface area contributed by atoms with Gasteiger partial charge in [-0.25, -0.2) is 0 Å². The zero-order chi connectivity index (χ0) is 33.0. The smallest absolute Gasteiger partial charge is 0.201 e. The van der Waals surface area contributed by atoms with Crippen molar-refractivity contribution in [2.75, 3.05) is 0 Å². The second-order valence-electron chi connectivity index (χ2n) is 12.2. The fourth-order valence-electron chi connectivity index (χ4n) is 7.39. The maximum Gasteiger partial charge on any atom is 0.201 e. The lowest BCUT2D eigenvalue weighted by atomic mass is 9.82. The van der Waals surface area contributed by atoms with Gasteiger partial charge in [0.1, 0.15) is 24.8 Å². The topological polar surface area (TPSA) is 135 Å². The zero-order valence-corrected chi connectivity index (χ0v) is 25.4. The molecule has 6 N–H and O–H groups in total. The van der Waals surface area contributed by atoms with Crippen LogP contribution in [0.4, 0.5) is 0 Å². The van der Waals surface area contributed by atoms with E-state index in [1.165, 1.54) is 7.85 Å². The van der Waals surface area contributed by atoms with Gasteiger partial charge in [0.05, 0.1) is 5.39 Å². The van der Waals surface area contributed by atoms with E-state index < -0.39 is 34.5 Å². The Morgan fingerprint density at radius 2 is 1.00 bits per heavy atom. The summed E-state index contributed by atoms with van der Waals surface area (Å²) in [5, 5.41) is 73.0. The first-order valence-electron chi connectivity index (χ1n) is 15.4. The Morgan fingerprint density at radius 3 is 1.67 bits per heavy atom. The van der Waals surface area contributed by atoms with Crippen molar-refractivity contribution < 1.29 is 35.1 Å². The third kappa shape index (κ3) is 3.54. The zero-order valence-electron chi connectivity index (χ0n) is 25.4. The SMILES string of the molecule is Bc1c(O)c(O)c2c(-c3c4ccccc4c(-c4ccc5oc6c7ccccc7ccc6c5c4)c4ccccc34)c(O)c(O)c(O)c2c1O. The summed E-state index contributed by atoms with van der Waals surface area (Å²) < 4.78 is 6.39. The number of aromatic hydroxyl groups is 6. The van der Waals surface area contributed by atoms with E-state index in [-0.39, 0.29) is 21.8 Å². The van der Waals surface area contributed by atoms with E-state index >= 15 is 0 Å². The quantitative estimate of drug-likeness (QED) is 0.0494. The molecule has 1 aromatic heterocycles. The number of fused-ring (bicyclic) bond motifs is 8. The molecule has 0 aliphatic heterocycles. The highest BCUT2D eigenvalue weighted by molar-refractivity contribution is 6.39. The molecular weight excluding hydrogens is 603 g/mol. The van der Waals surface area contributed by atoms with Gasteiger partial charge in [0.25, 0.3) is 0 Å². The lowest BCUT2D eigenvalue weighted by Gasteiger charge is -2.22. The predicted octanol–water partition coefficient (Wildman–Crippen LogP) is 8.02. The molecule has 0 saturated carbocycles. The van der Waals surface area contributed by atoms with Crippen molar-refractivity contribution in [2.24, 2.45) is 0 Å². The highest BCUT2D eigenvalue weighted by Crippen LogP contribution is 2.58. The largest absolute Gasteiger partial charge is 0.508 e. The van der Waals surface area contributed by atoms with Crippen LogP contribution >= 0.6 is 0 Å². The van der Waals surface area contributed by atoms with E-state index in [2.05, 4.69) is 30.3 Å². The molecule has 8 aromatic carbocycles. The molecule has 0 radical (unpaired) electrons. The van der Waals surface area contributed by atoms with Gasteiger partial charge in [-0.15, -0.1) is 0 Å². The van der Waals surface area contributed by atoms with Crippen LogP contribution in [-0.2, 0) is 0 Å². The summed E-state index contributed by atoms with van der Waals surface area (Å²) in [6.07, 6.45) is 0. The Labute approximate surface area is 272 Å². The van der Waals surface area contributed by atoms with E-state index in [0.717, 1.165) is 54.6 Å². The van der Waals surface area contributed by atoms with Gasteiger partial charge in [-0.3, -0.25) is 0 Å². The molecule has 0 aliphatic rings. The molecule has 9 aromatic rings. The van der Waals surface area contributed by atoms with Gasteiger partial charge >= 0.3 is 0 Å². The Kier molecular flexibility index (Phi) is 5.63. The standard InChI is InChI=1S/C40H25BO7/c41-33-34(42)32-31(35(43)38(33)46)30(36(44)39(47)37(32)45)29-23-11-5-3-9-21(23)28(22-10-4-6-12-24(22)29)19-14-16-27-26(17-19)25-15-13-18-7-1-2-8-20(18)40(25)48-27/h1-17,42-47H,41H2. The Hall–Kier alpha value is -6.54. The molecule has 1 heterocycles. The van der Waals surface area contributed by atoms with Crippen molar-refractivity contribution in [3.05, 3.63) is 103 Å². The van der Waals surface area contributed by atoms with Crippen LogP contribution in [0, 0.1) is 0 Å². The van der Waals surface area contributed by atoms with Crippen molar-refractivity contribution in [1.29, 1.82) is 0 Å². The van der Waals surface area contributed by atoms with Crippen LogP contribution in [0.15, 0.2) is 108 Å². The summed E-state index contributed by atoms with van der Waals surface area (Å²) in [5.41, 5.74) is 3.71. The van der Waals surface area contributed by atoms with Gasteiger partial charge in [0, 0.05) is 32.7 Å². The number of benzene rings is 8. The Morgan fingerprint density at radius 1 is 0.417 bits per heavy atom. The van der Waals surface area contributed by atoms with Gasteiger partial charge in [0.2, 0.25) is 5.75 Å². The van der Waals surface area contributed by atoms with Crippen LogP contribution < -0.4 is 5.46 Å². The summed E-state index contributed by atoms with van der Waals surface area (Å²) in [7, 11) is 1.37. The molecule has 0 saturated heterocycles. The van der Waals surface area contributed by atoms with Gasteiger partial charge in [-0.1, -0.05) is 84.9 Å². The van der Waals surface area contributed by atoms with Gasteiger partial charge in [0.15, 0.2) is 23.0 Å². The fourth-order valence-corrected chi connectivity index (χ4v) is 7.39. The van der Waals surface area contributed by atoms with Crippen molar-refractivity contribution in [2.45, 2.75) is 0 Å². The lowest BCUT2D eigenvalue weighted by molar-refractivity contribution is 0.370. The predicted molar refractivity (Wildman–Crippen MR) is 193 cm³/mol. The minimum atomic E-state index is -0.862. The molecule has 0 aliphatic carbocycles. The molecule has 9 rings (SSSR count). The van der Waals surface area contributed by atoms with E-state index in [1.54, 1.807) is 0 Å². The summed E-state index contributed by atoms with van der Waals surface area (Å²) in [4.78, 5) is 0. The average Bonchev–Trinajstić information content (AvgIpc) is 3.50. The average molecular weight is 628 g/mol. The summed E-state index contributed by atoms with van der Waals surface area (Å²) in [5.74, 6) is -4.18. The summed E-state index contributed by atoms with van der Waals surface area (Å²) >= 11 is 0. The highest BCUT2D eigenvalue weighted by atomic mass is 16.3. The van der Waals surface area contributed by atoms with Crippen LogP contribution in [0.25, 0.3) is 87.3 Å². The first-order chi connectivity index (χ1) is 23.3. The number of hydrogen-bond donors (Lipinski definition) is 6. The molecule has 48 heavy (non-hydrogen) atoms. The maximum atomic E-state index is 11.5. The van der Waals surface area contributed by atoms with Gasteiger partial charge in [-0.05, 0) is 61.7 Å². The summed E-state index contributed by atoms with van der Waals surface area (Å²) in [6, 6.07) is 33.6. The van der Waals surface area contributed by atoms with Crippen LogP contribution in [0.5, 0.6) is 34.5 Å². The molecule has 0 spiro atoms. The van der Waals surface area contributed by atoms with E-state index in [0.29, 0.717) is 16.3 Å². The number of rotatable bonds is 2. The van der Waals surface area contributed by atoms with Crippen molar-refractivity contribution in [3.63, 3.8) is 0 Å². The third-order valence-corrected chi connectivity index (χ3v) is 9.66. The second kappa shape index (κ2) is 9.73. The number of phenolic OH excluding ortho intramolecular Hbond substituents is 6. The Balaban J connectivity index is 1.43. The normalized spacial score (nSPS) is 11.9. The van der Waals surface area contributed by atoms with Crippen LogP contribution in [-0.4, -0.2) is 38.5 Å². The molecule has 0 fully saturated rings. The minimum absolute atomic E-state index is 0.0505. The van der Waals surface area contributed by atoms with E-state index in [4.69, 9.17) is 4.42 Å². The van der Waals surface area contributed by atoms with Crippen LogP contribution in [0.3, 0.4) is 0 Å². The first-order valence-corrected chi connectivity index (χ1v) is 15.4. The number of hydrogen-bond acceptors (Lipinski definition) is 7. The van der Waals surface area contributed by atoms with Gasteiger partial charge in [-0.2, -0.15) is 0 Å². The van der Waals surface area contributed by atoms with E-state index in [9.17, 15) is 30.6 Å².